The Hall–Kier alpha value is 0.565. The Morgan fingerprint density at radius 2 is 2.25 bits per heavy atom. The molecule has 2 rings (SSSR count). The first-order valence-corrected chi connectivity index (χ1v) is 3.88. The standard InChI is InChI=1S/C10H10N.Rb/c1-2-8-3-4-9-5-6-11-10(9)7-8;/h3-4,6-7,11H,2H2,1H3;/q-1;+1. The Bertz CT molecular complexity index is 365. The van der Waals surface area contributed by atoms with Gasteiger partial charge in [0.05, 0.1) is 0 Å². The maximum atomic E-state index is 3.14. The minimum absolute atomic E-state index is 0. The van der Waals surface area contributed by atoms with E-state index < -0.39 is 0 Å². The molecule has 0 aliphatic carbocycles. The van der Waals surface area contributed by atoms with Gasteiger partial charge in [-0.15, -0.1) is 6.07 Å². The molecule has 1 aromatic heterocycles. The van der Waals surface area contributed by atoms with Crippen LogP contribution in [0, 0.1) is 6.07 Å². The van der Waals surface area contributed by atoms with Crippen molar-refractivity contribution in [2.45, 2.75) is 13.3 Å². The fraction of sp³-hybridized carbons (Fsp3) is 0.200. The van der Waals surface area contributed by atoms with Crippen molar-refractivity contribution in [3.63, 3.8) is 0 Å². The molecule has 1 aromatic carbocycles. The molecule has 56 valence electrons. The number of nitrogens with one attached hydrogen (secondary N) is 1. The van der Waals surface area contributed by atoms with Crippen molar-refractivity contribution in [3.8, 4) is 0 Å². The topological polar surface area (TPSA) is 15.8 Å². The summed E-state index contributed by atoms with van der Waals surface area (Å²) in [5, 5.41) is 1.17. The third kappa shape index (κ3) is 2.08. The van der Waals surface area contributed by atoms with Crippen molar-refractivity contribution in [1.82, 2.24) is 4.98 Å². The normalized spacial score (nSPS) is 9.75. The Kier molecular flexibility index (Phi) is 4.17. The molecule has 0 fully saturated rings. The minimum Gasteiger partial charge on any atom is -0.424 e. The first-order chi connectivity index (χ1) is 5.40. The molecule has 0 radical (unpaired) electrons. The largest absolute Gasteiger partial charge is 1.00 e. The Morgan fingerprint density at radius 3 is 3.00 bits per heavy atom. The maximum Gasteiger partial charge on any atom is 1.00 e. The average Bonchev–Trinajstić information content (AvgIpc) is 2.50. The van der Waals surface area contributed by atoms with Gasteiger partial charge in [0, 0.05) is 0 Å². The predicted molar refractivity (Wildman–Crippen MR) is 46.5 cm³/mol. The zero-order valence-corrected chi connectivity index (χ0v) is 12.4. The van der Waals surface area contributed by atoms with E-state index in [0.717, 1.165) is 6.42 Å². The van der Waals surface area contributed by atoms with E-state index in [-0.39, 0.29) is 58.2 Å². The first-order valence-electron chi connectivity index (χ1n) is 3.88. The van der Waals surface area contributed by atoms with Gasteiger partial charge in [0.25, 0.3) is 0 Å². The monoisotopic (exact) mass is 229 g/mol. The van der Waals surface area contributed by atoms with Gasteiger partial charge in [-0.25, -0.2) is 0 Å². The van der Waals surface area contributed by atoms with Crippen molar-refractivity contribution in [2.75, 3.05) is 0 Å². The van der Waals surface area contributed by atoms with Gasteiger partial charge in [-0.3, -0.25) is 0 Å². The number of H-pyrrole nitrogens is 1. The van der Waals surface area contributed by atoms with E-state index in [1.165, 1.54) is 16.5 Å². The van der Waals surface area contributed by atoms with E-state index in [1.807, 2.05) is 6.20 Å². The summed E-state index contributed by atoms with van der Waals surface area (Å²) < 4.78 is 0. The molecule has 0 aliphatic rings. The molecule has 1 nitrogen and oxygen atoms in total. The van der Waals surface area contributed by atoms with E-state index in [4.69, 9.17) is 0 Å². The first kappa shape index (κ1) is 10.6. The van der Waals surface area contributed by atoms with Crippen LogP contribution in [-0.2, 0) is 6.42 Å². The number of aromatic nitrogens is 1. The van der Waals surface area contributed by atoms with Crippen LogP contribution in [0.5, 0.6) is 0 Å². The second kappa shape index (κ2) is 4.70. The Balaban J connectivity index is 0.000000720. The summed E-state index contributed by atoms with van der Waals surface area (Å²) in [5.74, 6) is 0. The van der Waals surface area contributed by atoms with E-state index >= 15 is 0 Å². The van der Waals surface area contributed by atoms with Gasteiger partial charge in [-0.05, 0) is 6.42 Å². The SMILES string of the molecule is CCc1ccc2[c-]c[nH]c2c1.[Rb+]. The number of hydrogen-bond acceptors (Lipinski definition) is 0. The van der Waals surface area contributed by atoms with Crippen LogP contribution in [0.25, 0.3) is 10.9 Å². The molecule has 1 N–H and O–H groups in total. The van der Waals surface area contributed by atoms with Gasteiger partial charge in [0.1, 0.15) is 0 Å². The molecule has 2 aromatic rings. The number of rotatable bonds is 1. The van der Waals surface area contributed by atoms with E-state index in [2.05, 4.69) is 36.2 Å². The van der Waals surface area contributed by atoms with Gasteiger partial charge < -0.3 is 4.98 Å². The zero-order valence-electron chi connectivity index (χ0n) is 7.52. The van der Waals surface area contributed by atoms with Crippen LogP contribution >= 0.6 is 0 Å². The molecule has 12 heavy (non-hydrogen) atoms. The van der Waals surface area contributed by atoms with Crippen LogP contribution < -0.4 is 58.2 Å². The summed E-state index contributed by atoms with van der Waals surface area (Å²) in [5.41, 5.74) is 2.55. The van der Waals surface area contributed by atoms with Crippen molar-refractivity contribution < 1.29 is 58.2 Å². The zero-order chi connectivity index (χ0) is 7.68. The molecule has 0 amide bonds. The third-order valence-corrected chi connectivity index (χ3v) is 1.95. The Morgan fingerprint density at radius 1 is 1.42 bits per heavy atom. The molecule has 0 atom stereocenters. The van der Waals surface area contributed by atoms with Gasteiger partial charge in [0.15, 0.2) is 0 Å². The molecule has 0 aliphatic heterocycles. The molecule has 1 heterocycles. The van der Waals surface area contributed by atoms with Crippen LogP contribution in [-0.4, -0.2) is 4.98 Å². The molecule has 0 bridgehead atoms. The summed E-state index contributed by atoms with van der Waals surface area (Å²) >= 11 is 0. The molecule has 0 saturated heterocycles. The average molecular weight is 230 g/mol. The molecular weight excluding hydrogens is 220 g/mol. The summed E-state index contributed by atoms with van der Waals surface area (Å²) in [6.07, 6.45) is 2.94. The second-order valence-electron chi connectivity index (χ2n) is 2.67. The van der Waals surface area contributed by atoms with Crippen molar-refractivity contribution >= 4 is 10.9 Å². The van der Waals surface area contributed by atoms with Crippen LogP contribution in [0.3, 0.4) is 0 Å². The summed E-state index contributed by atoms with van der Waals surface area (Å²) in [7, 11) is 0. The smallest absolute Gasteiger partial charge is 0.424 e. The quantitative estimate of drug-likeness (QED) is 0.637. The summed E-state index contributed by atoms with van der Waals surface area (Å²) in [6, 6.07) is 9.54. The number of hydrogen-bond donors (Lipinski definition) is 1. The summed E-state index contributed by atoms with van der Waals surface area (Å²) in [4.78, 5) is 3.14. The van der Waals surface area contributed by atoms with Crippen molar-refractivity contribution in [1.29, 1.82) is 0 Å². The minimum atomic E-state index is 0. The van der Waals surface area contributed by atoms with Crippen molar-refractivity contribution in [3.05, 3.63) is 36.0 Å². The molecule has 0 saturated carbocycles. The van der Waals surface area contributed by atoms with E-state index in [0.29, 0.717) is 0 Å². The number of aromatic amines is 1. The third-order valence-electron chi connectivity index (χ3n) is 1.95. The van der Waals surface area contributed by atoms with Gasteiger partial charge in [-0.1, -0.05) is 30.3 Å². The second-order valence-corrected chi connectivity index (χ2v) is 2.67. The molecule has 0 spiro atoms. The Labute approximate surface area is 121 Å². The van der Waals surface area contributed by atoms with E-state index in [9.17, 15) is 0 Å². The molecular formula is C10H10NRb. The maximum absolute atomic E-state index is 3.14. The number of benzene rings is 1. The number of fused-ring (bicyclic) bond motifs is 1. The van der Waals surface area contributed by atoms with Gasteiger partial charge >= 0.3 is 58.2 Å². The van der Waals surface area contributed by atoms with Crippen LogP contribution in [0.15, 0.2) is 24.4 Å². The van der Waals surface area contributed by atoms with Crippen LogP contribution in [0.4, 0.5) is 0 Å². The van der Waals surface area contributed by atoms with Crippen LogP contribution in [0.2, 0.25) is 0 Å². The predicted octanol–water partition coefficient (Wildman–Crippen LogP) is -0.466. The van der Waals surface area contributed by atoms with Gasteiger partial charge in [0.2, 0.25) is 0 Å². The fourth-order valence-corrected chi connectivity index (χ4v) is 1.25. The van der Waals surface area contributed by atoms with Gasteiger partial charge in [-0.2, -0.15) is 17.5 Å². The molecule has 2 heteroatoms. The summed E-state index contributed by atoms with van der Waals surface area (Å²) in [6.45, 7) is 2.16. The number of aryl methyl sites for hydroxylation is 1. The fourth-order valence-electron chi connectivity index (χ4n) is 1.25. The van der Waals surface area contributed by atoms with E-state index in [1.54, 1.807) is 0 Å². The van der Waals surface area contributed by atoms with Crippen LogP contribution in [0.1, 0.15) is 12.5 Å². The van der Waals surface area contributed by atoms with Crippen molar-refractivity contribution in [2.24, 2.45) is 0 Å². The molecule has 0 unspecified atom stereocenters.